The topological polar surface area (TPSA) is 90.5 Å². The number of benzene rings is 1. The molecule has 0 fully saturated rings. The van der Waals surface area contributed by atoms with Crippen molar-refractivity contribution in [3.8, 4) is 0 Å². The predicted molar refractivity (Wildman–Crippen MR) is 103 cm³/mol. The Hall–Kier alpha value is -2.54. The predicted octanol–water partition coefficient (Wildman–Crippen LogP) is 3.29. The molecule has 2 aromatic rings. The number of carbonyl (C=O) groups excluding carboxylic acids is 2. The molecule has 1 amide bonds. The number of nitrogen functional groups attached to an aromatic ring is 1. The van der Waals surface area contributed by atoms with Crippen molar-refractivity contribution in [1.82, 2.24) is 14.7 Å². The summed E-state index contributed by atoms with van der Waals surface area (Å²) in [6.07, 6.45) is 0.276. The second-order valence-electron chi connectivity index (χ2n) is 7.57. The van der Waals surface area contributed by atoms with Crippen LogP contribution in [0.1, 0.15) is 42.4 Å². The quantitative estimate of drug-likeness (QED) is 0.849. The summed E-state index contributed by atoms with van der Waals surface area (Å²) in [5, 5.41) is 4.93. The molecule has 0 aliphatic carbocycles. The Kier molecular flexibility index (Phi) is 5.15. The van der Waals surface area contributed by atoms with E-state index in [0.29, 0.717) is 29.5 Å². The van der Waals surface area contributed by atoms with Gasteiger partial charge in [0.25, 0.3) is 5.91 Å². The first-order valence-electron chi connectivity index (χ1n) is 8.76. The van der Waals surface area contributed by atoms with Crippen molar-refractivity contribution in [2.24, 2.45) is 0 Å². The van der Waals surface area contributed by atoms with Crippen molar-refractivity contribution in [2.45, 2.75) is 45.8 Å². The van der Waals surface area contributed by atoms with E-state index in [-0.39, 0.29) is 18.9 Å². The van der Waals surface area contributed by atoms with Gasteiger partial charge in [0.1, 0.15) is 11.4 Å². The Labute approximate surface area is 163 Å². The van der Waals surface area contributed by atoms with Crippen LogP contribution in [0.15, 0.2) is 24.3 Å². The van der Waals surface area contributed by atoms with Gasteiger partial charge in [0, 0.05) is 17.1 Å². The molecule has 0 saturated heterocycles. The van der Waals surface area contributed by atoms with E-state index < -0.39 is 11.7 Å². The summed E-state index contributed by atoms with van der Waals surface area (Å²) >= 11 is 5.97. The number of hydrogen-bond acceptors (Lipinski definition) is 5. The molecular weight excluding hydrogens is 368 g/mol. The number of nitrogens with two attached hydrogens (primary N) is 1. The number of aromatic nitrogens is 2. The van der Waals surface area contributed by atoms with Crippen LogP contribution in [-0.2, 0) is 24.1 Å². The van der Waals surface area contributed by atoms with Crippen LogP contribution in [0.2, 0.25) is 5.02 Å². The normalized spacial score (nSPS) is 14.0. The molecule has 0 radical (unpaired) electrons. The highest BCUT2D eigenvalue weighted by Gasteiger charge is 2.30. The smallest absolute Gasteiger partial charge is 0.410 e. The summed E-state index contributed by atoms with van der Waals surface area (Å²) in [4.78, 5) is 26.5. The van der Waals surface area contributed by atoms with Gasteiger partial charge in [-0.15, -0.1) is 0 Å². The maximum Gasteiger partial charge on any atom is 0.410 e. The van der Waals surface area contributed by atoms with Gasteiger partial charge in [-0.2, -0.15) is 9.78 Å². The fourth-order valence-corrected chi connectivity index (χ4v) is 3.20. The summed E-state index contributed by atoms with van der Waals surface area (Å²) < 4.78 is 6.63. The number of nitrogens with zero attached hydrogens (tertiary/aromatic N) is 3. The molecule has 2 N–H and O–H groups in total. The molecule has 1 aromatic heterocycles. The molecule has 0 saturated carbocycles. The SMILES string of the molecule is CC(C)(C)OC(=O)N1CCc2c(nn(C(=O)Cc3cccc(Cl)c3)c2N)C1. The zero-order chi connectivity index (χ0) is 19.8. The van der Waals surface area contributed by atoms with E-state index in [1.807, 2.05) is 26.8 Å². The molecule has 3 rings (SSSR count). The lowest BCUT2D eigenvalue weighted by Crippen LogP contribution is -2.39. The van der Waals surface area contributed by atoms with E-state index in [0.717, 1.165) is 11.1 Å². The van der Waals surface area contributed by atoms with Crippen LogP contribution in [0.4, 0.5) is 10.6 Å². The van der Waals surface area contributed by atoms with Crippen LogP contribution in [0, 0.1) is 0 Å². The lowest BCUT2D eigenvalue weighted by atomic mass is 10.1. The van der Waals surface area contributed by atoms with Gasteiger partial charge >= 0.3 is 6.09 Å². The van der Waals surface area contributed by atoms with Crippen molar-refractivity contribution in [3.05, 3.63) is 46.1 Å². The Balaban J connectivity index is 1.76. The Morgan fingerprint density at radius 1 is 1.33 bits per heavy atom. The maximum absolute atomic E-state index is 12.6. The summed E-state index contributed by atoms with van der Waals surface area (Å²) in [7, 11) is 0. The van der Waals surface area contributed by atoms with Crippen molar-refractivity contribution in [3.63, 3.8) is 0 Å². The molecule has 1 aromatic carbocycles. The van der Waals surface area contributed by atoms with E-state index in [9.17, 15) is 9.59 Å². The number of fused-ring (bicyclic) bond motifs is 1. The Morgan fingerprint density at radius 3 is 2.74 bits per heavy atom. The number of carbonyl (C=O) groups is 2. The van der Waals surface area contributed by atoms with Crippen LogP contribution in [0.3, 0.4) is 0 Å². The molecule has 0 unspecified atom stereocenters. The first-order valence-corrected chi connectivity index (χ1v) is 9.13. The van der Waals surface area contributed by atoms with Crippen LogP contribution < -0.4 is 5.73 Å². The third-order valence-electron chi connectivity index (χ3n) is 4.21. The highest BCUT2D eigenvalue weighted by molar-refractivity contribution is 6.30. The van der Waals surface area contributed by atoms with Crippen LogP contribution in [0.25, 0.3) is 0 Å². The molecule has 0 atom stereocenters. The average Bonchev–Trinajstić information content (AvgIpc) is 2.90. The zero-order valence-electron chi connectivity index (χ0n) is 15.7. The fraction of sp³-hybridized carbons (Fsp3) is 0.421. The largest absolute Gasteiger partial charge is 0.444 e. The molecule has 1 aliphatic heterocycles. The molecular formula is C19H23ClN4O3. The molecule has 144 valence electrons. The summed E-state index contributed by atoms with van der Waals surface area (Å²) in [5.74, 6) is 0.0915. The average molecular weight is 391 g/mol. The number of anilines is 1. The third-order valence-corrected chi connectivity index (χ3v) is 4.45. The number of hydrogen-bond donors (Lipinski definition) is 1. The number of amides is 1. The van der Waals surface area contributed by atoms with Gasteiger partial charge < -0.3 is 15.4 Å². The van der Waals surface area contributed by atoms with Gasteiger partial charge in [-0.1, -0.05) is 23.7 Å². The van der Waals surface area contributed by atoms with Crippen molar-refractivity contribution in [1.29, 1.82) is 0 Å². The first kappa shape index (κ1) is 19.2. The van der Waals surface area contributed by atoms with E-state index in [4.69, 9.17) is 22.1 Å². The second kappa shape index (κ2) is 7.23. The van der Waals surface area contributed by atoms with Gasteiger partial charge in [0.15, 0.2) is 0 Å². The molecule has 8 heteroatoms. The number of halogens is 1. The van der Waals surface area contributed by atoms with E-state index in [1.165, 1.54) is 4.68 Å². The molecule has 0 bridgehead atoms. The van der Waals surface area contributed by atoms with Gasteiger partial charge in [0.2, 0.25) is 0 Å². The van der Waals surface area contributed by atoms with Gasteiger partial charge in [0.05, 0.1) is 18.7 Å². The highest BCUT2D eigenvalue weighted by Crippen LogP contribution is 2.25. The van der Waals surface area contributed by atoms with E-state index in [2.05, 4.69) is 5.10 Å². The summed E-state index contributed by atoms with van der Waals surface area (Å²) in [5.41, 5.74) is 7.81. The van der Waals surface area contributed by atoms with Crippen LogP contribution in [-0.4, -0.2) is 38.8 Å². The summed E-state index contributed by atoms with van der Waals surface area (Å²) in [6, 6.07) is 7.11. The minimum atomic E-state index is -0.567. The highest BCUT2D eigenvalue weighted by atomic mass is 35.5. The second-order valence-corrected chi connectivity index (χ2v) is 8.01. The van der Waals surface area contributed by atoms with Gasteiger partial charge in [-0.3, -0.25) is 4.79 Å². The molecule has 7 nitrogen and oxygen atoms in total. The standard InChI is InChI=1S/C19H23ClN4O3/c1-19(2,3)27-18(26)23-8-7-14-15(11-23)22-24(17(14)21)16(25)10-12-5-4-6-13(20)9-12/h4-6,9H,7-8,10-11,21H2,1-3H3. The minimum Gasteiger partial charge on any atom is -0.444 e. The van der Waals surface area contributed by atoms with Gasteiger partial charge in [-0.05, 0) is 44.9 Å². The fourth-order valence-electron chi connectivity index (χ4n) is 2.99. The minimum absolute atomic E-state index is 0.140. The Morgan fingerprint density at radius 2 is 2.07 bits per heavy atom. The van der Waals surface area contributed by atoms with Crippen molar-refractivity contribution >= 4 is 29.4 Å². The molecule has 27 heavy (non-hydrogen) atoms. The first-order chi connectivity index (χ1) is 12.6. The molecule has 1 aliphatic rings. The zero-order valence-corrected chi connectivity index (χ0v) is 16.4. The van der Waals surface area contributed by atoms with Crippen molar-refractivity contribution < 1.29 is 14.3 Å². The third kappa shape index (κ3) is 4.42. The Bertz CT molecular complexity index is 886. The molecule has 0 spiro atoms. The summed E-state index contributed by atoms with van der Waals surface area (Å²) in [6.45, 7) is 6.21. The lowest BCUT2D eigenvalue weighted by molar-refractivity contribution is 0.0221. The van der Waals surface area contributed by atoms with Gasteiger partial charge in [-0.25, -0.2) is 4.79 Å². The lowest BCUT2D eigenvalue weighted by Gasteiger charge is -2.29. The van der Waals surface area contributed by atoms with E-state index >= 15 is 0 Å². The van der Waals surface area contributed by atoms with E-state index in [1.54, 1.807) is 23.1 Å². The molecule has 2 heterocycles. The van der Waals surface area contributed by atoms with Crippen LogP contribution >= 0.6 is 11.6 Å². The van der Waals surface area contributed by atoms with Crippen molar-refractivity contribution in [2.75, 3.05) is 12.3 Å². The maximum atomic E-state index is 12.6. The van der Waals surface area contributed by atoms with Crippen LogP contribution in [0.5, 0.6) is 0 Å². The number of rotatable bonds is 2. The number of ether oxygens (including phenoxy) is 1. The monoisotopic (exact) mass is 390 g/mol.